The van der Waals surface area contributed by atoms with Crippen molar-refractivity contribution in [1.82, 2.24) is 14.7 Å². The molecule has 5 heteroatoms. The third-order valence-corrected chi connectivity index (χ3v) is 5.69. The lowest BCUT2D eigenvalue weighted by Gasteiger charge is -2.17. The molecule has 126 valence electrons. The summed E-state index contributed by atoms with van der Waals surface area (Å²) in [4.78, 5) is 15.0. The third kappa shape index (κ3) is 2.79. The molecule has 0 N–H and O–H groups in total. The van der Waals surface area contributed by atoms with Gasteiger partial charge in [-0.3, -0.25) is 4.79 Å². The number of fused-ring (bicyclic) bond motifs is 1. The van der Waals surface area contributed by atoms with Gasteiger partial charge in [0.15, 0.2) is 5.69 Å². The molecule has 1 aromatic carbocycles. The molecule has 2 aliphatic rings. The van der Waals surface area contributed by atoms with E-state index in [-0.39, 0.29) is 5.91 Å². The Kier molecular flexibility index (Phi) is 4.21. The predicted molar refractivity (Wildman–Crippen MR) is 97.6 cm³/mol. The largest absolute Gasteiger partial charge is 0.337 e. The van der Waals surface area contributed by atoms with Crippen molar-refractivity contribution in [1.29, 1.82) is 0 Å². The summed E-state index contributed by atoms with van der Waals surface area (Å²) in [6.07, 6.45) is 5.39. The molecule has 1 aliphatic carbocycles. The van der Waals surface area contributed by atoms with Crippen LogP contribution in [0, 0.1) is 5.92 Å². The lowest BCUT2D eigenvalue weighted by molar-refractivity contribution is 0.0780. The van der Waals surface area contributed by atoms with Gasteiger partial charge in [0.2, 0.25) is 0 Å². The van der Waals surface area contributed by atoms with Crippen molar-refractivity contribution in [2.24, 2.45) is 5.92 Å². The zero-order valence-electron chi connectivity index (χ0n) is 14.0. The van der Waals surface area contributed by atoms with E-state index in [1.165, 1.54) is 17.7 Å². The van der Waals surface area contributed by atoms with Crippen LogP contribution in [-0.4, -0.2) is 33.7 Å². The van der Waals surface area contributed by atoms with Crippen molar-refractivity contribution < 1.29 is 4.79 Å². The molecule has 1 atom stereocenters. The van der Waals surface area contributed by atoms with E-state index in [0.29, 0.717) is 11.6 Å². The monoisotopic (exact) mass is 387 g/mol. The van der Waals surface area contributed by atoms with Crippen LogP contribution in [0.2, 0.25) is 0 Å². The van der Waals surface area contributed by atoms with Crippen LogP contribution in [0.15, 0.2) is 28.7 Å². The highest BCUT2D eigenvalue weighted by Gasteiger charge is 2.31. The van der Waals surface area contributed by atoms with Gasteiger partial charge in [0.1, 0.15) is 0 Å². The molecule has 0 radical (unpaired) electrons. The van der Waals surface area contributed by atoms with Gasteiger partial charge in [0.05, 0.1) is 5.69 Å². The van der Waals surface area contributed by atoms with Gasteiger partial charge in [-0.15, -0.1) is 0 Å². The Morgan fingerprint density at radius 1 is 1.21 bits per heavy atom. The van der Waals surface area contributed by atoms with Crippen molar-refractivity contribution >= 4 is 21.8 Å². The van der Waals surface area contributed by atoms with E-state index in [4.69, 9.17) is 5.10 Å². The van der Waals surface area contributed by atoms with Crippen molar-refractivity contribution in [3.8, 4) is 5.69 Å². The summed E-state index contributed by atoms with van der Waals surface area (Å²) >= 11 is 3.48. The van der Waals surface area contributed by atoms with Gasteiger partial charge in [-0.25, -0.2) is 4.68 Å². The third-order valence-electron chi connectivity index (χ3n) is 5.17. The molecule has 2 aromatic rings. The first-order valence-electron chi connectivity index (χ1n) is 8.79. The molecule has 24 heavy (non-hydrogen) atoms. The molecule has 1 aromatic heterocycles. The molecule has 1 saturated heterocycles. The van der Waals surface area contributed by atoms with Gasteiger partial charge in [0.25, 0.3) is 5.91 Å². The second-order valence-corrected chi connectivity index (χ2v) is 7.93. The second kappa shape index (κ2) is 6.36. The summed E-state index contributed by atoms with van der Waals surface area (Å²) in [5.41, 5.74) is 4.11. The van der Waals surface area contributed by atoms with Crippen LogP contribution in [0.25, 0.3) is 5.69 Å². The Labute approximate surface area is 151 Å². The van der Waals surface area contributed by atoms with Gasteiger partial charge >= 0.3 is 0 Å². The summed E-state index contributed by atoms with van der Waals surface area (Å²) in [5.74, 6) is 0.715. The van der Waals surface area contributed by atoms with Crippen LogP contribution in [0.3, 0.4) is 0 Å². The molecule has 2 heterocycles. The quantitative estimate of drug-likeness (QED) is 0.780. The van der Waals surface area contributed by atoms with Crippen LogP contribution >= 0.6 is 15.9 Å². The summed E-state index contributed by atoms with van der Waals surface area (Å²) in [5, 5.41) is 4.77. The lowest BCUT2D eigenvalue weighted by atomic mass is 9.95. The Bertz CT molecular complexity index is 766. The van der Waals surface area contributed by atoms with Gasteiger partial charge in [-0.2, -0.15) is 5.10 Å². The first-order chi connectivity index (χ1) is 11.6. The first-order valence-corrected chi connectivity index (χ1v) is 9.59. The molecule has 4 rings (SSSR count). The predicted octanol–water partition coefficient (Wildman–Crippen LogP) is 4.00. The van der Waals surface area contributed by atoms with E-state index >= 15 is 0 Å². The minimum absolute atomic E-state index is 0.119. The molecule has 0 bridgehead atoms. The molecule has 1 unspecified atom stereocenters. The average molecular weight is 388 g/mol. The number of carbonyl (C=O) groups excluding carboxylic acids is 1. The van der Waals surface area contributed by atoms with E-state index in [1.807, 2.05) is 21.7 Å². The number of halogens is 1. The fraction of sp³-hybridized carbons (Fsp3) is 0.474. The Balaban J connectivity index is 1.75. The number of benzene rings is 1. The number of aromatic nitrogens is 2. The normalized spacial score (nSPS) is 20.2. The van der Waals surface area contributed by atoms with Crippen LogP contribution in [0.1, 0.15) is 47.9 Å². The minimum atomic E-state index is 0.119. The van der Waals surface area contributed by atoms with E-state index in [1.54, 1.807) is 0 Å². The molecular weight excluding hydrogens is 366 g/mol. The summed E-state index contributed by atoms with van der Waals surface area (Å²) < 4.78 is 3.04. The van der Waals surface area contributed by atoms with Crippen LogP contribution in [0.5, 0.6) is 0 Å². The number of hydrogen-bond donors (Lipinski definition) is 0. The maximum Gasteiger partial charge on any atom is 0.274 e. The highest BCUT2D eigenvalue weighted by molar-refractivity contribution is 9.10. The topological polar surface area (TPSA) is 38.1 Å². The van der Waals surface area contributed by atoms with Crippen molar-refractivity contribution in [2.45, 2.75) is 39.0 Å². The standard InChI is InChI=1S/C19H22BrN3O/c1-13-10-11-22(12-13)19(24)18-16-4-2-3-5-17(16)23(21-18)15-8-6-14(20)7-9-15/h6-9,13H,2-5,10-12H2,1H3. The van der Waals surface area contributed by atoms with E-state index < -0.39 is 0 Å². The SMILES string of the molecule is CC1CCN(C(=O)c2nn(-c3ccc(Br)cc3)c3c2CCCC3)C1. The van der Waals surface area contributed by atoms with Crippen LogP contribution in [0.4, 0.5) is 0 Å². The molecule has 0 saturated carbocycles. The molecule has 0 spiro atoms. The second-order valence-electron chi connectivity index (χ2n) is 7.01. The smallest absolute Gasteiger partial charge is 0.274 e. The van der Waals surface area contributed by atoms with Crippen molar-refractivity contribution in [3.63, 3.8) is 0 Å². The minimum Gasteiger partial charge on any atom is -0.337 e. The first kappa shape index (κ1) is 15.9. The van der Waals surface area contributed by atoms with Crippen molar-refractivity contribution in [2.75, 3.05) is 13.1 Å². The van der Waals surface area contributed by atoms with Gasteiger partial charge in [0, 0.05) is 28.8 Å². The van der Waals surface area contributed by atoms with E-state index in [2.05, 4.69) is 35.0 Å². The average Bonchev–Trinajstić information content (AvgIpc) is 3.19. The van der Waals surface area contributed by atoms with Crippen LogP contribution < -0.4 is 0 Å². The summed E-state index contributed by atoms with van der Waals surface area (Å²) in [6.45, 7) is 3.93. The zero-order valence-corrected chi connectivity index (χ0v) is 15.6. The van der Waals surface area contributed by atoms with Gasteiger partial charge < -0.3 is 4.90 Å². The number of likely N-dealkylation sites (tertiary alicyclic amines) is 1. The fourth-order valence-electron chi connectivity index (χ4n) is 3.84. The van der Waals surface area contributed by atoms with Gasteiger partial charge in [-0.05, 0) is 62.3 Å². The Morgan fingerprint density at radius 2 is 1.96 bits per heavy atom. The maximum absolute atomic E-state index is 13.0. The molecule has 1 amide bonds. The highest BCUT2D eigenvalue weighted by Crippen LogP contribution is 2.29. The van der Waals surface area contributed by atoms with Crippen LogP contribution in [-0.2, 0) is 12.8 Å². The molecule has 1 aliphatic heterocycles. The maximum atomic E-state index is 13.0. The van der Waals surface area contributed by atoms with E-state index in [0.717, 1.165) is 48.9 Å². The number of rotatable bonds is 2. The number of carbonyl (C=O) groups is 1. The zero-order chi connectivity index (χ0) is 16.7. The van der Waals surface area contributed by atoms with Crippen molar-refractivity contribution in [3.05, 3.63) is 45.7 Å². The highest BCUT2D eigenvalue weighted by atomic mass is 79.9. The fourth-order valence-corrected chi connectivity index (χ4v) is 4.10. The molecule has 1 fully saturated rings. The molecule has 4 nitrogen and oxygen atoms in total. The number of nitrogens with zero attached hydrogens (tertiary/aromatic N) is 3. The Hall–Kier alpha value is -1.62. The van der Waals surface area contributed by atoms with E-state index in [9.17, 15) is 4.79 Å². The molecular formula is C19H22BrN3O. The van der Waals surface area contributed by atoms with Gasteiger partial charge in [-0.1, -0.05) is 22.9 Å². The number of amides is 1. The number of hydrogen-bond acceptors (Lipinski definition) is 2. The summed E-state index contributed by atoms with van der Waals surface area (Å²) in [6, 6.07) is 8.15. The lowest BCUT2D eigenvalue weighted by Crippen LogP contribution is -2.29. The Morgan fingerprint density at radius 3 is 2.67 bits per heavy atom. The summed E-state index contributed by atoms with van der Waals surface area (Å²) in [7, 11) is 0.